The van der Waals surface area contributed by atoms with Crippen molar-refractivity contribution in [3.05, 3.63) is 18.0 Å². The first-order valence-electron chi connectivity index (χ1n) is 2.10. The van der Waals surface area contributed by atoms with Crippen molar-refractivity contribution in [1.82, 2.24) is 10.2 Å². The number of nitrogens with zero attached hydrogens (tertiary/aromatic N) is 1. The zero-order chi connectivity index (χ0) is 5.98. The molecule has 1 heterocycles. The van der Waals surface area contributed by atoms with Gasteiger partial charge in [-0.1, -0.05) is 12.2 Å². The van der Waals surface area contributed by atoms with Gasteiger partial charge in [0.15, 0.2) is 0 Å². The molecule has 0 radical (unpaired) electrons. The fraction of sp³-hybridized carbons (Fsp3) is 0. The van der Waals surface area contributed by atoms with E-state index in [0.29, 0.717) is 10.7 Å². The fourth-order valence-corrected chi connectivity index (χ4v) is 0.507. The van der Waals surface area contributed by atoms with Gasteiger partial charge in [-0.25, -0.2) is 0 Å². The van der Waals surface area contributed by atoms with Gasteiger partial charge in [-0.3, -0.25) is 5.10 Å². The molecule has 9 heavy (non-hydrogen) atoms. The Bertz CT molecular complexity index is 184. The van der Waals surface area contributed by atoms with Crippen LogP contribution in [0.25, 0.3) is 0 Å². The lowest BCUT2D eigenvalue weighted by Crippen LogP contribution is -2.09. The van der Waals surface area contributed by atoms with Gasteiger partial charge in [-0.15, -0.1) is 12.4 Å². The summed E-state index contributed by atoms with van der Waals surface area (Å²) in [5.41, 5.74) is 5.93. The summed E-state index contributed by atoms with van der Waals surface area (Å²) < 4.78 is 0. The molecule has 0 aliphatic carbocycles. The minimum absolute atomic E-state index is 0. The van der Waals surface area contributed by atoms with E-state index in [0.717, 1.165) is 0 Å². The summed E-state index contributed by atoms with van der Waals surface area (Å²) in [4.78, 5) is 0.350. The topological polar surface area (TPSA) is 54.7 Å². The molecule has 1 rings (SSSR count). The van der Waals surface area contributed by atoms with Crippen molar-refractivity contribution < 1.29 is 0 Å². The Balaban J connectivity index is 0.000000640. The summed E-state index contributed by atoms with van der Waals surface area (Å²) >= 11 is 4.62. The van der Waals surface area contributed by atoms with Gasteiger partial charge in [0.2, 0.25) is 0 Å². The fourth-order valence-electron chi connectivity index (χ4n) is 0.393. The molecule has 0 fully saturated rings. The van der Waals surface area contributed by atoms with Crippen molar-refractivity contribution >= 4 is 29.6 Å². The molecule has 0 spiro atoms. The Morgan fingerprint density at radius 1 is 1.78 bits per heavy atom. The summed E-state index contributed by atoms with van der Waals surface area (Å²) in [5, 5.41) is 6.27. The van der Waals surface area contributed by atoms with Crippen LogP contribution >= 0.6 is 24.6 Å². The first kappa shape index (κ1) is 8.39. The molecule has 0 saturated heterocycles. The lowest BCUT2D eigenvalue weighted by atomic mass is 10.4. The lowest BCUT2D eigenvalue weighted by molar-refractivity contribution is 1.08. The predicted octanol–water partition coefficient (Wildman–Crippen LogP) is 0.466. The zero-order valence-corrected chi connectivity index (χ0v) is 6.13. The summed E-state index contributed by atoms with van der Waals surface area (Å²) in [5.74, 6) is 0. The number of nitrogens with one attached hydrogen (secondary N) is 1. The number of halogens is 1. The Morgan fingerprint density at radius 3 is 2.67 bits per heavy atom. The average Bonchev–Trinajstić information content (AvgIpc) is 2.12. The third kappa shape index (κ3) is 1.99. The molecule has 0 aliphatic heterocycles. The highest BCUT2D eigenvalue weighted by molar-refractivity contribution is 7.80. The van der Waals surface area contributed by atoms with Crippen LogP contribution < -0.4 is 5.73 Å². The molecule has 50 valence electrons. The Hall–Kier alpha value is -0.610. The molecule has 3 nitrogen and oxygen atoms in total. The van der Waals surface area contributed by atoms with Gasteiger partial charge < -0.3 is 5.73 Å². The summed E-state index contributed by atoms with van der Waals surface area (Å²) in [6, 6.07) is 1.72. The maximum atomic E-state index is 5.22. The zero-order valence-electron chi connectivity index (χ0n) is 4.50. The predicted molar refractivity (Wildman–Crippen MR) is 41.7 cm³/mol. The van der Waals surface area contributed by atoms with Crippen molar-refractivity contribution in [2.75, 3.05) is 0 Å². The van der Waals surface area contributed by atoms with E-state index in [1.807, 2.05) is 0 Å². The minimum atomic E-state index is 0. The summed E-state index contributed by atoms with van der Waals surface area (Å²) in [6.07, 6.45) is 1.61. The highest BCUT2D eigenvalue weighted by Crippen LogP contribution is 1.88. The number of hydrogen-bond acceptors (Lipinski definition) is 2. The van der Waals surface area contributed by atoms with Gasteiger partial charge in [0, 0.05) is 6.20 Å². The van der Waals surface area contributed by atoms with E-state index < -0.39 is 0 Å². The molecule has 1 aromatic heterocycles. The molecular formula is C4H6ClN3S. The highest BCUT2D eigenvalue weighted by Gasteiger charge is 1.91. The van der Waals surface area contributed by atoms with Crippen LogP contribution in [0.4, 0.5) is 0 Å². The number of thiocarbonyl (C=S) groups is 1. The molecule has 0 unspecified atom stereocenters. The monoisotopic (exact) mass is 163 g/mol. The Kier molecular flexibility index (Phi) is 3.19. The smallest absolute Gasteiger partial charge is 0.122 e. The molecule has 0 atom stereocenters. The summed E-state index contributed by atoms with van der Waals surface area (Å²) in [7, 11) is 0. The molecule has 0 aromatic carbocycles. The maximum absolute atomic E-state index is 5.22. The number of hydrogen-bond donors (Lipinski definition) is 2. The van der Waals surface area contributed by atoms with Crippen molar-refractivity contribution in [2.45, 2.75) is 0 Å². The maximum Gasteiger partial charge on any atom is 0.122 e. The van der Waals surface area contributed by atoms with Crippen LogP contribution in [-0.2, 0) is 0 Å². The molecular weight excluding hydrogens is 158 g/mol. The number of rotatable bonds is 1. The van der Waals surface area contributed by atoms with Crippen molar-refractivity contribution in [3.63, 3.8) is 0 Å². The van der Waals surface area contributed by atoms with Crippen LogP contribution in [0.15, 0.2) is 12.3 Å². The van der Waals surface area contributed by atoms with E-state index in [-0.39, 0.29) is 12.4 Å². The van der Waals surface area contributed by atoms with Gasteiger partial charge in [0.05, 0.1) is 5.69 Å². The first-order chi connectivity index (χ1) is 3.80. The van der Waals surface area contributed by atoms with Crippen LogP contribution in [0.5, 0.6) is 0 Å². The second-order valence-electron chi connectivity index (χ2n) is 1.33. The number of aromatic nitrogens is 2. The molecule has 1 aromatic rings. The second kappa shape index (κ2) is 3.42. The number of H-pyrrole nitrogens is 1. The van der Waals surface area contributed by atoms with Crippen LogP contribution in [0.1, 0.15) is 5.69 Å². The molecule has 0 saturated carbocycles. The quantitative estimate of drug-likeness (QED) is 0.592. The van der Waals surface area contributed by atoms with Gasteiger partial charge in [-0.05, 0) is 6.07 Å². The normalized spacial score (nSPS) is 8.00. The van der Waals surface area contributed by atoms with Gasteiger partial charge in [0.1, 0.15) is 4.99 Å². The molecule has 0 aliphatic rings. The Labute approximate surface area is 64.0 Å². The molecule has 3 N–H and O–H groups in total. The van der Waals surface area contributed by atoms with E-state index in [4.69, 9.17) is 5.73 Å². The standard InChI is InChI=1S/C4H5N3S.ClH/c5-4(8)3-1-2-6-7-3;/h1-2H,(H2,5,8)(H,6,7);1H. The van der Waals surface area contributed by atoms with Crippen LogP contribution in [0.2, 0.25) is 0 Å². The third-order valence-electron chi connectivity index (χ3n) is 0.766. The lowest BCUT2D eigenvalue weighted by Gasteiger charge is -1.85. The van der Waals surface area contributed by atoms with Crippen molar-refractivity contribution in [3.8, 4) is 0 Å². The largest absolute Gasteiger partial charge is 0.388 e. The SMILES string of the molecule is Cl.NC(=S)c1ccn[nH]1. The number of aromatic amines is 1. The van der Waals surface area contributed by atoms with Gasteiger partial charge in [-0.2, -0.15) is 5.10 Å². The van der Waals surface area contributed by atoms with E-state index in [1.165, 1.54) is 0 Å². The van der Waals surface area contributed by atoms with Gasteiger partial charge in [0.25, 0.3) is 0 Å². The Morgan fingerprint density at radius 2 is 2.44 bits per heavy atom. The average molecular weight is 164 g/mol. The van der Waals surface area contributed by atoms with Crippen LogP contribution in [-0.4, -0.2) is 15.2 Å². The van der Waals surface area contributed by atoms with E-state index in [1.54, 1.807) is 12.3 Å². The van der Waals surface area contributed by atoms with E-state index >= 15 is 0 Å². The van der Waals surface area contributed by atoms with Crippen molar-refractivity contribution in [1.29, 1.82) is 0 Å². The minimum Gasteiger partial charge on any atom is -0.388 e. The molecule has 0 amide bonds. The molecule has 0 bridgehead atoms. The number of nitrogens with two attached hydrogens (primary N) is 1. The molecule has 5 heteroatoms. The van der Waals surface area contributed by atoms with Crippen LogP contribution in [0, 0.1) is 0 Å². The van der Waals surface area contributed by atoms with E-state index in [9.17, 15) is 0 Å². The highest BCUT2D eigenvalue weighted by atomic mass is 35.5. The van der Waals surface area contributed by atoms with Gasteiger partial charge >= 0.3 is 0 Å². The second-order valence-corrected chi connectivity index (χ2v) is 1.77. The van der Waals surface area contributed by atoms with Crippen molar-refractivity contribution in [2.24, 2.45) is 5.73 Å². The third-order valence-corrected chi connectivity index (χ3v) is 0.986. The summed E-state index contributed by atoms with van der Waals surface area (Å²) in [6.45, 7) is 0. The van der Waals surface area contributed by atoms with Crippen LogP contribution in [0.3, 0.4) is 0 Å². The van der Waals surface area contributed by atoms with E-state index in [2.05, 4.69) is 22.4 Å². The first-order valence-corrected chi connectivity index (χ1v) is 2.50.